The van der Waals surface area contributed by atoms with Crippen LogP contribution in [0.15, 0.2) is 36.9 Å². The molecule has 98 valence electrons. The molecule has 0 fully saturated rings. The predicted molar refractivity (Wildman–Crippen MR) is 76.4 cm³/mol. The SMILES string of the molecule is CC(C)Cc1cnn(-c2ccc3ncn(C)c3c2)c1. The first-order valence-corrected chi connectivity index (χ1v) is 6.58. The maximum absolute atomic E-state index is 4.45. The zero-order chi connectivity index (χ0) is 13.4. The second kappa shape index (κ2) is 4.53. The van der Waals surface area contributed by atoms with Crippen LogP contribution in [0.3, 0.4) is 0 Å². The van der Waals surface area contributed by atoms with E-state index in [0.717, 1.165) is 23.1 Å². The van der Waals surface area contributed by atoms with Gasteiger partial charge in [0.15, 0.2) is 0 Å². The van der Waals surface area contributed by atoms with Crippen molar-refractivity contribution in [2.75, 3.05) is 0 Å². The minimum atomic E-state index is 0.650. The molecule has 4 heteroatoms. The zero-order valence-corrected chi connectivity index (χ0v) is 11.5. The van der Waals surface area contributed by atoms with Crippen molar-refractivity contribution in [2.24, 2.45) is 13.0 Å². The van der Waals surface area contributed by atoms with E-state index in [9.17, 15) is 0 Å². The number of nitrogens with zero attached hydrogens (tertiary/aromatic N) is 4. The van der Waals surface area contributed by atoms with Gasteiger partial charge in [0.2, 0.25) is 0 Å². The van der Waals surface area contributed by atoms with Crippen LogP contribution in [0.2, 0.25) is 0 Å². The van der Waals surface area contributed by atoms with E-state index >= 15 is 0 Å². The van der Waals surface area contributed by atoms with Crippen LogP contribution >= 0.6 is 0 Å². The highest BCUT2D eigenvalue weighted by molar-refractivity contribution is 5.77. The second-order valence-corrected chi connectivity index (χ2v) is 5.42. The van der Waals surface area contributed by atoms with Crippen molar-refractivity contribution in [2.45, 2.75) is 20.3 Å². The lowest BCUT2D eigenvalue weighted by atomic mass is 10.1. The first-order valence-electron chi connectivity index (χ1n) is 6.58. The van der Waals surface area contributed by atoms with Crippen LogP contribution in [-0.2, 0) is 13.5 Å². The standard InChI is InChI=1S/C15H18N4/c1-11(2)6-12-8-17-19(9-12)13-4-5-14-15(7-13)18(3)10-16-14/h4-5,7-11H,6H2,1-3H3. The van der Waals surface area contributed by atoms with Crippen molar-refractivity contribution in [1.29, 1.82) is 0 Å². The average Bonchev–Trinajstić information content (AvgIpc) is 2.96. The van der Waals surface area contributed by atoms with Gasteiger partial charge in [0.1, 0.15) is 0 Å². The Morgan fingerprint density at radius 1 is 1.26 bits per heavy atom. The third kappa shape index (κ3) is 2.26. The Bertz CT molecular complexity index is 706. The third-order valence-corrected chi connectivity index (χ3v) is 3.25. The van der Waals surface area contributed by atoms with Crippen molar-refractivity contribution < 1.29 is 0 Å². The number of aromatic nitrogens is 4. The summed E-state index contributed by atoms with van der Waals surface area (Å²) in [7, 11) is 2.01. The Morgan fingerprint density at radius 2 is 2.11 bits per heavy atom. The molecule has 19 heavy (non-hydrogen) atoms. The van der Waals surface area contributed by atoms with E-state index in [1.165, 1.54) is 5.56 Å². The van der Waals surface area contributed by atoms with Gasteiger partial charge in [0.25, 0.3) is 0 Å². The quantitative estimate of drug-likeness (QED) is 0.720. The monoisotopic (exact) mass is 254 g/mol. The van der Waals surface area contributed by atoms with E-state index < -0.39 is 0 Å². The highest BCUT2D eigenvalue weighted by Crippen LogP contribution is 2.17. The Hall–Kier alpha value is -2.10. The van der Waals surface area contributed by atoms with E-state index in [2.05, 4.69) is 42.3 Å². The topological polar surface area (TPSA) is 35.6 Å². The Labute approximate surface area is 112 Å². The van der Waals surface area contributed by atoms with Crippen LogP contribution < -0.4 is 0 Å². The number of rotatable bonds is 3. The molecule has 2 heterocycles. The molecular formula is C15H18N4. The molecular weight excluding hydrogens is 236 g/mol. The van der Waals surface area contributed by atoms with Crippen molar-refractivity contribution in [3.05, 3.63) is 42.5 Å². The predicted octanol–water partition coefficient (Wildman–Crippen LogP) is 2.96. The summed E-state index contributed by atoms with van der Waals surface area (Å²) in [6.07, 6.45) is 6.96. The van der Waals surface area contributed by atoms with Crippen LogP contribution in [0, 0.1) is 5.92 Å². The molecule has 0 saturated carbocycles. The molecule has 0 atom stereocenters. The van der Waals surface area contributed by atoms with Crippen LogP contribution in [0.4, 0.5) is 0 Å². The third-order valence-electron chi connectivity index (χ3n) is 3.25. The van der Waals surface area contributed by atoms with Gasteiger partial charge in [-0.05, 0) is 36.1 Å². The fourth-order valence-corrected chi connectivity index (χ4v) is 2.34. The molecule has 0 bridgehead atoms. The van der Waals surface area contributed by atoms with Gasteiger partial charge in [-0.1, -0.05) is 13.8 Å². The summed E-state index contributed by atoms with van der Waals surface area (Å²) in [6.45, 7) is 4.44. The Morgan fingerprint density at radius 3 is 2.89 bits per heavy atom. The smallest absolute Gasteiger partial charge is 0.0955 e. The van der Waals surface area contributed by atoms with Crippen LogP contribution in [0.1, 0.15) is 19.4 Å². The van der Waals surface area contributed by atoms with Gasteiger partial charge in [0.05, 0.1) is 29.2 Å². The first-order chi connectivity index (χ1) is 9.13. The van der Waals surface area contributed by atoms with E-state index in [1.54, 1.807) is 0 Å². The zero-order valence-electron chi connectivity index (χ0n) is 11.5. The van der Waals surface area contributed by atoms with E-state index in [-0.39, 0.29) is 0 Å². The summed E-state index contributed by atoms with van der Waals surface area (Å²) in [5.41, 5.74) is 4.49. The number of hydrogen-bond acceptors (Lipinski definition) is 2. The molecule has 0 aliphatic heterocycles. The Kier molecular flexibility index (Phi) is 2.85. The van der Waals surface area contributed by atoms with Gasteiger partial charge < -0.3 is 4.57 Å². The van der Waals surface area contributed by atoms with Gasteiger partial charge >= 0.3 is 0 Å². The molecule has 0 unspecified atom stereocenters. The van der Waals surface area contributed by atoms with Crippen molar-refractivity contribution >= 4 is 11.0 Å². The molecule has 3 rings (SSSR count). The minimum absolute atomic E-state index is 0.650. The van der Waals surface area contributed by atoms with E-state index in [4.69, 9.17) is 0 Å². The maximum Gasteiger partial charge on any atom is 0.0955 e. The average molecular weight is 254 g/mol. The highest BCUT2D eigenvalue weighted by atomic mass is 15.3. The molecule has 0 spiro atoms. The molecule has 1 aromatic carbocycles. The summed E-state index contributed by atoms with van der Waals surface area (Å²) in [4.78, 5) is 4.33. The maximum atomic E-state index is 4.45. The largest absolute Gasteiger partial charge is 0.334 e. The van der Waals surface area contributed by atoms with Crippen molar-refractivity contribution in [3.8, 4) is 5.69 Å². The molecule has 4 nitrogen and oxygen atoms in total. The molecule has 0 amide bonds. The van der Waals surface area contributed by atoms with Gasteiger partial charge in [-0.3, -0.25) is 0 Å². The van der Waals surface area contributed by atoms with E-state index in [1.807, 2.05) is 34.9 Å². The molecule has 2 aromatic heterocycles. The van der Waals surface area contributed by atoms with Crippen LogP contribution in [-0.4, -0.2) is 19.3 Å². The normalized spacial score (nSPS) is 11.6. The van der Waals surface area contributed by atoms with Crippen LogP contribution in [0.25, 0.3) is 16.7 Å². The highest BCUT2D eigenvalue weighted by Gasteiger charge is 2.05. The number of hydrogen-bond donors (Lipinski definition) is 0. The molecule has 0 radical (unpaired) electrons. The molecule has 0 saturated heterocycles. The number of fused-ring (bicyclic) bond motifs is 1. The second-order valence-electron chi connectivity index (χ2n) is 5.42. The summed E-state index contributed by atoms with van der Waals surface area (Å²) in [6, 6.07) is 6.21. The summed E-state index contributed by atoms with van der Waals surface area (Å²) in [5.74, 6) is 0.650. The molecule has 0 N–H and O–H groups in total. The minimum Gasteiger partial charge on any atom is -0.334 e. The summed E-state index contributed by atoms with van der Waals surface area (Å²) < 4.78 is 3.96. The number of aryl methyl sites for hydroxylation is 1. The van der Waals surface area contributed by atoms with E-state index in [0.29, 0.717) is 5.92 Å². The Balaban J connectivity index is 1.99. The van der Waals surface area contributed by atoms with Crippen molar-refractivity contribution in [3.63, 3.8) is 0 Å². The fraction of sp³-hybridized carbons (Fsp3) is 0.333. The molecule has 0 aliphatic carbocycles. The first kappa shape index (κ1) is 12.0. The van der Waals surface area contributed by atoms with Gasteiger partial charge in [-0.25, -0.2) is 9.67 Å². The van der Waals surface area contributed by atoms with Gasteiger partial charge in [0, 0.05) is 13.2 Å². The van der Waals surface area contributed by atoms with Gasteiger partial charge in [-0.15, -0.1) is 0 Å². The number of benzene rings is 1. The molecule has 0 aliphatic rings. The molecule has 3 aromatic rings. The summed E-state index contributed by atoms with van der Waals surface area (Å²) in [5, 5.41) is 4.45. The lowest BCUT2D eigenvalue weighted by molar-refractivity contribution is 0.647. The summed E-state index contributed by atoms with van der Waals surface area (Å²) >= 11 is 0. The lowest BCUT2D eigenvalue weighted by Gasteiger charge is -2.03. The van der Waals surface area contributed by atoms with Crippen LogP contribution in [0.5, 0.6) is 0 Å². The lowest BCUT2D eigenvalue weighted by Crippen LogP contribution is -1.95. The fourth-order valence-electron chi connectivity index (χ4n) is 2.34. The number of imidazole rings is 1. The van der Waals surface area contributed by atoms with Gasteiger partial charge in [-0.2, -0.15) is 5.10 Å². The van der Waals surface area contributed by atoms with Crippen molar-refractivity contribution in [1.82, 2.24) is 19.3 Å².